The molecular weight excluding hydrogens is 260 g/mol. The lowest BCUT2D eigenvalue weighted by atomic mass is 9.80. The van der Waals surface area contributed by atoms with Crippen molar-refractivity contribution in [2.45, 2.75) is 61.3 Å². The average Bonchev–Trinajstić information content (AvgIpc) is 2.50. The predicted molar refractivity (Wildman–Crippen MR) is 89.0 cm³/mol. The van der Waals surface area contributed by atoms with E-state index >= 15 is 0 Å². The highest BCUT2D eigenvalue weighted by Crippen LogP contribution is 2.39. The molecule has 0 saturated carbocycles. The number of esters is 1. The number of ether oxygens (including phenoxy) is 1. The summed E-state index contributed by atoms with van der Waals surface area (Å²) in [5.41, 5.74) is 3.95. The van der Waals surface area contributed by atoms with Crippen LogP contribution in [0.5, 0.6) is 0 Å². The van der Waals surface area contributed by atoms with Crippen LogP contribution in [0.2, 0.25) is 0 Å². The van der Waals surface area contributed by atoms with E-state index in [0.717, 1.165) is 18.4 Å². The summed E-state index contributed by atoms with van der Waals surface area (Å²) < 4.78 is 5.08. The van der Waals surface area contributed by atoms with Crippen molar-refractivity contribution in [3.8, 4) is 0 Å². The molecule has 1 aliphatic carbocycles. The molecular formula is C19H30O2. The Balaban J connectivity index is 3.18. The quantitative estimate of drug-likeness (QED) is 0.515. The molecule has 0 fully saturated rings. The van der Waals surface area contributed by atoms with Gasteiger partial charge in [-0.2, -0.15) is 0 Å². The number of carbonyl (C=O) groups is 1. The molecule has 1 aliphatic rings. The highest BCUT2D eigenvalue weighted by Gasteiger charge is 2.25. The molecule has 0 saturated heterocycles. The van der Waals surface area contributed by atoms with Crippen LogP contribution in [-0.4, -0.2) is 12.6 Å². The predicted octanol–water partition coefficient (Wildman–Crippen LogP) is 5.21. The van der Waals surface area contributed by atoms with Crippen molar-refractivity contribution in [1.82, 2.24) is 0 Å². The van der Waals surface area contributed by atoms with E-state index in [4.69, 9.17) is 4.74 Å². The van der Waals surface area contributed by atoms with Gasteiger partial charge >= 0.3 is 5.97 Å². The molecule has 21 heavy (non-hydrogen) atoms. The summed E-state index contributed by atoms with van der Waals surface area (Å²) in [6, 6.07) is 0. The van der Waals surface area contributed by atoms with Crippen LogP contribution < -0.4 is 0 Å². The zero-order valence-corrected chi connectivity index (χ0v) is 14.7. The largest absolute Gasteiger partial charge is 0.463 e. The molecule has 0 amide bonds. The van der Waals surface area contributed by atoms with Crippen LogP contribution in [0.25, 0.3) is 0 Å². The molecule has 0 spiro atoms. The maximum Gasteiger partial charge on any atom is 0.331 e. The molecule has 0 aromatic rings. The SMILES string of the molecule is CCOC(=O)/C=C1\CCC(C(C)(C)C)=CC=C1C(C)(C)C. The Kier molecular flexibility index (Phi) is 5.61. The van der Waals surface area contributed by atoms with Crippen LogP contribution in [0.4, 0.5) is 0 Å². The number of hydrogen-bond acceptors (Lipinski definition) is 2. The van der Waals surface area contributed by atoms with Gasteiger partial charge in [0.05, 0.1) is 6.61 Å². The lowest BCUT2D eigenvalue weighted by molar-refractivity contribution is -0.137. The van der Waals surface area contributed by atoms with Crippen LogP contribution in [-0.2, 0) is 9.53 Å². The van der Waals surface area contributed by atoms with Crippen LogP contribution >= 0.6 is 0 Å². The Bertz CT molecular complexity index is 477. The zero-order valence-electron chi connectivity index (χ0n) is 14.7. The van der Waals surface area contributed by atoms with Crippen LogP contribution in [0.1, 0.15) is 61.3 Å². The van der Waals surface area contributed by atoms with E-state index in [0.29, 0.717) is 6.61 Å². The van der Waals surface area contributed by atoms with Crippen molar-refractivity contribution in [3.63, 3.8) is 0 Å². The second-order valence-electron chi connectivity index (χ2n) is 7.69. The average molecular weight is 290 g/mol. The summed E-state index contributed by atoms with van der Waals surface area (Å²) >= 11 is 0. The van der Waals surface area contributed by atoms with Gasteiger partial charge in [0.25, 0.3) is 0 Å². The van der Waals surface area contributed by atoms with Crippen molar-refractivity contribution in [2.75, 3.05) is 6.61 Å². The van der Waals surface area contributed by atoms with Gasteiger partial charge in [-0.05, 0) is 41.7 Å². The minimum absolute atomic E-state index is 0.0160. The molecule has 0 aromatic heterocycles. The monoisotopic (exact) mass is 290 g/mol. The fourth-order valence-corrected chi connectivity index (χ4v) is 2.61. The number of rotatable bonds is 2. The van der Waals surface area contributed by atoms with Crippen molar-refractivity contribution < 1.29 is 9.53 Å². The fraction of sp³-hybridized carbons (Fsp3) is 0.632. The summed E-state index contributed by atoms with van der Waals surface area (Å²) in [6.07, 6.45) is 8.00. The van der Waals surface area contributed by atoms with E-state index < -0.39 is 0 Å². The second kappa shape index (κ2) is 6.64. The molecule has 0 atom stereocenters. The molecule has 0 N–H and O–H groups in total. The Labute approximate surface area is 130 Å². The van der Waals surface area contributed by atoms with Gasteiger partial charge in [0.15, 0.2) is 0 Å². The van der Waals surface area contributed by atoms with E-state index in [1.54, 1.807) is 6.08 Å². The minimum atomic E-state index is -0.234. The molecule has 0 aromatic carbocycles. The van der Waals surface area contributed by atoms with Gasteiger partial charge in [0.1, 0.15) is 0 Å². The molecule has 118 valence electrons. The minimum Gasteiger partial charge on any atom is -0.463 e. The van der Waals surface area contributed by atoms with E-state index in [-0.39, 0.29) is 16.8 Å². The van der Waals surface area contributed by atoms with Crippen molar-refractivity contribution in [3.05, 3.63) is 34.9 Å². The molecule has 0 unspecified atom stereocenters. The number of allylic oxidation sites excluding steroid dienone is 5. The first-order valence-corrected chi connectivity index (χ1v) is 7.85. The van der Waals surface area contributed by atoms with Gasteiger partial charge in [-0.15, -0.1) is 0 Å². The zero-order chi connectivity index (χ0) is 16.3. The summed E-state index contributed by atoms with van der Waals surface area (Å²) in [7, 11) is 0. The Morgan fingerprint density at radius 3 is 2.19 bits per heavy atom. The highest BCUT2D eigenvalue weighted by atomic mass is 16.5. The van der Waals surface area contributed by atoms with E-state index in [9.17, 15) is 4.79 Å². The molecule has 1 rings (SSSR count). The summed E-state index contributed by atoms with van der Waals surface area (Å²) in [5, 5.41) is 0. The molecule has 0 aliphatic heterocycles. The molecule has 0 heterocycles. The third-order valence-electron chi connectivity index (χ3n) is 3.81. The number of carbonyl (C=O) groups excluding carboxylic acids is 1. The first kappa shape index (κ1) is 17.7. The Morgan fingerprint density at radius 2 is 1.71 bits per heavy atom. The van der Waals surface area contributed by atoms with Gasteiger partial charge < -0.3 is 4.74 Å². The Hall–Kier alpha value is -1.31. The maximum absolute atomic E-state index is 11.8. The lowest BCUT2D eigenvalue weighted by Crippen LogP contribution is -2.13. The normalized spacial score (nSPS) is 18.9. The van der Waals surface area contributed by atoms with E-state index in [1.807, 2.05) is 6.92 Å². The van der Waals surface area contributed by atoms with E-state index in [2.05, 4.69) is 53.7 Å². The van der Waals surface area contributed by atoms with Crippen LogP contribution in [0.3, 0.4) is 0 Å². The second-order valence-corrected chi connectivity index (χ2v) is 7.69. The summed E-state index contributed by atoms with van der Waals surface area (Å²) in [5.74, 6) is -0.234. The molecule has 0 bridgehead atoms. The van der Waals surface area contributed by atoms with Crippen LogP contribution in [0.15, 0.2) is 34.9 Å². The first-order valence-electron chi connectivity index (χ1n) is 7.85. The Morgan fingerprint density at radius 1 is 1.10 bits per heavy atom. The third-order valence-corrected chi connectivity index (χ3v) is 3.81. The van der Waals surface area contributed by atoms with Gasteiger partial charge in [-0.25, -0.2) is 4.79 Å². The standard InChI is InChI=1S/C19H30O2/c1-8-21-17(20)13-14-9-10-15(18(2,3)4)11-12-16(14)19(5,6)7/h11-13H,8-10H2,1-7H3/b14-13+. The smallest absolute Gasteiger partial charge is 0.331 e. The molecule has 2 heteroatoms. The van der Waals surface area contributed by atoms with Gasteiger partial charge in [-0.3, -0.25) is 0 Å². The van der Waals surface area contributed by atoms with Gasteiger partial charge in [0, 0.05) is 6.08 Å². The lowest BCUT2D eigenvalue weighted by Gasteiger charge is -2.25. The summed E-state index contributed by atoms with van der Waals surface area (Å²) in [6.45, 7) is 15.5. The fourth-order valence-electron chi connectivity index (χ4n) is 2.61. The molecule has 2 nitrogen and oxygen atoms in total. The van der Waals surface area contributed by atoms with Crippen molar-refractivity contribution in [2.24, 2.45) is 10.8 Å². The van der Waals surface area contributed by atoms with Crippen molar-refractivity contribution in [1.29, 1.82) is 0 Å². The summed E-state index contributed by atoms with van der Waals surface area (Å²) in [4.78, 5) is 11.8. The van der Waals surface area contributed by atoms with Crippen LogP contribution in [0, 0.1) is 10.8 Å². The maximum atomic E-state index is 11.8. The molecule has 0 radical (unpaired) electrons. The third kappa shape index (κ3) is 5.18. The van der Waals surface area contributed by atoms with Gasteiger partial charge in [-0.1, -0.05) is 59.3 Å². The van der Waals surface area contributed by atoms with Gasteiger partial charge in [0.2, 0.25) is 0 Å². The number of hydrogen-bond donors (Lipinski definition) is 0. The van der Waals surface area contributed by atoms with E-state index in [1.165, 1.54) is 11.1 Å². The topological polar surface area (TPSA) is 26.3 Å². The first-order chi connectivity index (χ1) is 9.55. The van der Waals surface area contributed by atoms with Crippen molar-refractivity contribution >= 4 is 5.97 Å². The highest BCUT2D eigenvalue weighted by molar-refractivity contribution is 5.84.